The van der Waals surface area contributed by atoms with Crippen LogP contribution in [0.2, 0.25) is 0 Å². The van der Waals surface area contributed by atoms with Crippen molar-refractivity contribution in [2.75, 3.05) is 7.05 Å². The average Bonchev–Trinajstić information content (AvgIpc) is 2.72. The molecule has 2 unspecified atom stereocenters. The van der Waals surface area contributed by atoms with E-state index in [0.29, 0.717) is 17.9 Å². The van der Waals surface area contributed by atoms with E-state index in [4.69, 9.17) is 0 Å². The lowest BCUT2D eigenvalue weighted by molar-refractivity contribution is 0.389. The molecule has 0 saturated heterocycles. The van der Waals surface area contributed by atoms with Gasteiger partial charge >= 0.3 is 0 Å². The van der Waals surface area contributed by atoms with Gasteiger partial charge < -0.3 is 5.32 Å². The third-order valence-electron chi connectivity index (χ3n) is 3.55. The third kappa shape index (κ3) is 2.10. The molecule has 0 aromatic carbocycles. The highest BCUT2D eigenvalue weighted by molar-refractivity contribution is 5.45. The van der Waals surface area contributed by atoms with Crippen molar-refractivity contribution in [1.82, 2.24) is 24.9 Å². The molecular formula is C13H21N5. The maximum atomic E-state index is 4.55. The molecule has 5 nitrogen and oxygen atoms in total. The zero-order valence-electron chi connectivity index (χ0n) is 11.7. The zero-order chi connectivity index (χ0) is 13.3. The summed E-state index contributed by atoms with van der Waals surface area (Å²) in [5, 5.41) is 11.7. The van der Waals surface area contributed by atoms with E-state index in [9.17, 15) is 0 Å². The van der Waals surface area contributed by atoms with Crippen molar-refractivity contribution in [3.8, 4) is 0 Å². The molecule has 0 aliphatic carbocycles. The summed E-state index contributed by atoms with van der Waals surface area (Å²) in [6, 6.07) is 0.348. The van der Waals surface area contributed by atoms with Gasteiger partial charge in [-0.2, -0.15) is 0 Å². The highest BCUT2D eigenvalue weighted by Crippen LogP contribution is 2.28. The van der Waals surface area contributed by atoms with E-state index in [1.54, 1.807) is 0 Å². The average molecular weight is 247 g/mol. The summed E-state index contributed by atoms with van der Waals surface area (Å²) in [6.07, 6.45) is 3.74. The van der Waals surface area contributed by atoms with Gasteiger partial charge in [0.05, 0.1) is 5.69 Å². The topological polar surface area (TPSA) is 55.1 Å². The van der Waals surface area contributed by atoms with E-state index in [2.05, 4.69) is 41.3 Å². The lowest BCUT2D eigenvalue weighted by Gasteiger charge is -2.26. The second-order valence-corrected chi connectivity index (χ2v) is 5.10. The first-order chi connectivity index (χ1) is 8.56. The molecule has 5 heteroatoms. The van der Waals surface area contributed by atoms with Crippen LogP contribution < -0.4 is 5.32 Å². The number of likely N-dealkylation sites (N-methyl/N-ethyl adjacent to an activating group) is 1. The predicted octanol–water partition coefficient (Wildman–Crippen LogP) is 1.78. The molecule has 1 N–H and O–H groups in total. The molecule has 18 heavy (non-hydrogen) atoms. The van der Waals surface area contributed by atoms with Crippen LogP contribution in [0, 0.1) is 12.8 Å². The molecule has 0 saturated carbocycles. The van der Waals surface area contributed by atoms with Crippen LogP contribution in [0.5, 0.6) is 0 Å². The minimum Gasteiger partial charge on any atom is -0.317 e. The number of fused-ring (bicyclic) bond motifs is 1. The Morgan fingerprint density at radius 1 is 1.22 bits per heavy atom. The normalized spacial score (nSPS) is 15.2. The minimum atomic E-state index is 0.322. The van der Waals surface area contributed by atoms with Gasteiger partial charge in [0, 0.05) is 24.4 Å². The number of aryl methyl sites for hydroxylation is 1. The largest absolute Gasteiger partial charge is 0.317 e. The fourth-order valence-corrected chi connectivity index (χ4v) is 2.51. The highest BCUT2D eigenvalue weighted by atomic mass is 15.2. The molecule has 0 bridgehead atoms. The molecule has 0 radical (unpaired) electrons. The molecule has 0 spiro atoms. The van der Waals surface area contributed by atoms with Gasteiger partial charge in [0.25, 0.3) is 0 Å². The number of rotatable bonds is 4. The van der Waals surface area contributed by atoms with Crippen LogP contribution in [0.15, 0.2) is 12.4 Å². The molecule has 0 aliphatic heterocycles. The summed E-state index contributed by atoms with van der Waals surface area (Å²) in [5.41, 5.74) is 1.89. The van der Waals surface area contributed by atoms with E-state index in [0.717, 1.165) is 17.2 Å². The Labute approximate surface area is 108 Å². The van der Waals surface area contributed by atoms with Gasteiger partial charge in [-0.3, -0.25) is 9.38 Å². The Kier molecular flexibility index (Phi) is 3.61. The van der Waals surface area contributed by atoms with Gasteiger partial charge in [0.1, 0.15) is 5.82 Å². The van der Waals surface area contributed by atoms with Crippen LogP contribution in [0.25, 0.3) is 5.65 Å². The molecule has 2 aromatic rings. The van der Waals surface area contributed by atoms with Crippen molar-refractivity contribution in [3.05, 3.63) is 23.9 Å². The van der Waals surface area contributed by atoms with E-state index in [1.807, 2.05) is 30.8 Å². The van der Waals surface area contributed by atoms with Crippen LogP contribution in [-0.2, 0) is 0 Å². The summed E-state index contributed by atoms with van der Waals surface area (Å²) < 4.78 is 2.00. The highest BCUT2D eigenvalue weighted by Gasteiger charge is 2.26. The number of hydrogen-bond acceptors (Lipinski definition) is 4. The monoisotopic (exact) mass is 247 g/mol. The van der Waals surface area contributed by atoms with Gasteiger partial charge in [-0.05, 0) is 26.8 Å². The maximum absolute atomic E-state index is 4.55. The first-order valence-corrected chi connectivity index (χ1v) is 6.39. The Morgan fingerprint density at radius 3 is 2.56 bits per heavy atom. The fourth-order valence-electron chi connectivity index (χ4n) is 2.51. The van der Waals surface area contributed by atoms with Gasteiger partial charge in [0.2, 0.25) is 0 Å². The smallest absolute Gasteiger partial charge is 0.182 e. The first-order valence-electron chi connectivity index (χ1n) is 6.39. The van der Waals surface area contributed by atoms with Gasteiger partial charge in [-0.15, -0.1) is 10.2 Å². The molecule has 0 aliphatic rings. The van der Waals surface area contributed by atoms with Crippen molar-refractivity contribution in [3.63, 3.8) is 0 Å². The zero-order valence-corrected chi connectivity index (χ0v) is 11.7. The van der Waals surface area contributed by atoms with Gasteiger partial charge in [-0.1, -0.05) is 13.8 Å². The first kappa shape index (κ1) is 13.0. The predicted molar refractivity (Wildman–Crippen MR) is 71.6 cm³/mol. The molecule has 2 atom stereocenters. The molecule has 0 fully saturated rings. The quantitative estimate of drug-likeness (QED) is 0.894. The standard InChI is InChI=1S/C13H21N5/c1-8(2)11(9(3)14-5)12-13-17-16-10(4)18(13)7-6-15-12/h6-9,11,14H,1-5H3. The maximum Gasteiger partial charge on any atom is 0.182 e. The molecular weight excluding hydrogens is 226 g/mol. The number of nitrogens with one attached hydrogen (secondary N) is 1. The Bertz CT molecular complexity index is 531. The van der Waals surface area contributed by atoms with Crippen molar-refractivity contribution in [1.29, 1.82) is 0 Å². The SMILES string of the molecule is CNC(C)C(c1nccn2c(C)nnc12)C(C)C. The molecule has 98 valence electrons. The minimum absolute atomic E-state index is 0.322. The summed E-state index contributed by atoms with van der Waals surface area (Å²) >= 11 is 0. The summed E-state index contributed by atoms with van der Waals surface area (Å²) in [4.78, 5) is 4.55. The van der Waals surface area contributed by atoms with E-state index in [-0.39, 0.29) is 0 Å². The van der Waals surface area contributed by atoms with Crippen molar-refractivity contribution >= 4 is 5.65 Å². The molecule has 2 rings (SSSR count). The second kappa shape index (κ2) is 5.02. The van der Waals surface area contributed by atoms with Crippen LogP contribution in [0.4, 0.5) is 0 Å². The number of nitrogens with zero attached hydrogens (tertiary/aromatic N) is 4. The van der Waals surface area contributed by atoms with Crippen LogP contribution in [0.3, 0.4) is 0 Å². The Morgan fingerprint density at radius 2 is 1.94 bits per heavy atom. The summed E-state index contributed by atoms with van der Waals surface area (Å²) in [7, 11) is 1.98. The van der Waals surface area contributed by atoms with Crippen LogP contribution >= 0.6 is 0 Å². The fraction of sp³-hybridized carbons (Fsp3) is 0.615. The molecule has 0 amide bonds. The van der Waals surface area contributed by atoms with Crippen molar-refractivity contribution in [2.45, 2.75) is 39.7 Å². The van der Waals surface area contributed by atoms with E-state index >= 15 is 0 Å². The van der Waals surface area contributed by atoms with Crippen molar-refractivity contribution < 1.29 is 0 Å². The third-order valence-corrected chi connectivity index (χ3v) is 3.55. The van der Waals surface area contributed by atoms with Crippen LogP contribution in [0.1, 0.15) is 38.2 Å². The molecule has 2 aromatic heterocycles. The van der Waals surface area contributed by atoms with Gasteiger partial charge in [0.15, 0.2) is 5.65 Å². The lowest BCUT2D eigenvalue weighted by Crippen LogP contribution is -2.32. The van der Waals surface area contributed by atoms with Gasteiger partial charge in [-0.25, -0.2) is 0 Å². The summed E-state index contributed by atoms with van der Waals surface area (Å²) in [6.45, 7) is 8.56. The Hall–Kier alpha value is -1.49. The van der Waals surface area contributed by atoms with E-state index < -0.39 is 0 Å². The Balaban J connectivity index is 2.57. The van der Waals surface area contributed by atoms with E-state index in [1.165, 1.54) is 0 Å². The molecule has 2 heterocycles. The van der Waals surface area contributed by atoms with Crippen LogP contribution in [-0.4, -0.2) is 32.7 Å². The lowest BCUT2D eigenvalue weighted by atomic mass is 9.86. The van der Waals surface area contributed by atoms with Crippen molar-refractivity contribution in [2.24, 2.45) is 5.92 Å². The number of aromatic nitrogens is 4. The number of hydrogen-bond donors (Lipinski definition) is 1. The second-order valence-electron chi connectivity index (χ2n) is 5.10. The summed E-state index contributed by atoms with van der Waals surface area (Å²) in [5.74, 6) is 1.71.